The van der Waals surface area contributed by atoms with Crippen LogP contribution in [0.4, 0.5) is 5.13 Å². The van der Waals surface area contributed by atoms with Crippen LogP contribution in [0.15, 0.2) is 52.7 Å². The van der Waals surface area contributed by atoms with Crippen molar-refractivity contribution in [1.82, 2.24) is 9.29 Å². The standard InChI is InChI=1S/C24H27N3O4S2/c1-16-6-11-21(17(2)13-16)22-15-32-24(25-22)26-23(28)18-5-4-12-27(14-18)33(29,30)20-9-7-19(31-3)8-10-20/h6-11,13,15,18H,4-5,12,14H2,1-3H3,(H,25,26,28). The van der Waals surface area contributed by atoms with Crippen molar-refractivity contribution in [2.75, 3.05) is 25.5 Å². The summed E-state index contributed by atoms with van der Waals surface area (Å²) in [7, 11) is -2.15. The molecule has 1 aliphatic rings. The molecular weight excluding hydrogens is 458 g/mol. The van der Waals surface area contributed by atoms with Gasteiger partial charge in [-0.2, -0.15) is 4.31 Å². The first-order valence-electron chi connectivity index (χ1n) is 10.8. The molecule has 0 bridgehead atoms. The number of carbonyl (C=O) groups is 1. The summed E-state index contributed by atoms with van der Waals surface area (Å²) in [5.74, 6) is -0.0418. The summed E-state index contributed by atoms with van der Waals surface area (Å²) in [6, 6.07) is 12.5. The fourth-order valence-corrected chi connectivity index (χ4v) is 6.27. The zero-order chi connectivity index (χ0) is 23.6. The Kier molecular flexibility index (Phi) is 6.83. The number of carbonyl (C=O) groups excluding carboxylic acids is 1. The maximum absolute atomic E-state index is 13.1. The summed E-state index contributed by atoms with van der Waals surface area (Å²) in [5.41, 5.74) is 4.17. The van der Waals surface area contributed by atoms with Crippen LogP contribution in [0.2, 0.25) is 0 Å². The van der Waals surface area contributed by atoms with Crippen molar-refractivity contribution in [1.29, 1.82) is 0 Å². The fraction of sp³-hybridized carbons (Fsp3) is 0.333. The van der Waals surface area contributed by atoms with Crippen molar-refractivity contribution < 1.29 is 17.9 Å². The van der Waals surface area contributed by atoms with Crippen LogP contribution in [0, 0.1) is 19.8 Å². The van der Waals surface area contributed by atoms with Gasteiger partial charge in [0.1, 0.15) is 5.75 Å². The Hall–Kier alpha value is -2.75. The molecule has 4 rings (SSSR count). The van der Waals surface area contributed by atoms with E-state index < -0.39 is 15.9 Å². The highest BCUT2D eigenvalue weighted by Crippen LogP contribution is 2.30. The molecule has 174 valence electrons. The van der Waals surface area contributed by atoms with Crippen molar-refractivity contribution in [2.45, 2.75) is 31.6 Å². The molecule has 1 fully saturated rings. The van der Waals surface area contributed by atoms with Crippen LogP contribution in [-0.4, -0.2) is 43.8 Å². The first kappa shape index (κ1) is 23.4. The third kappa shape index (κ3) is 5.10. The Morgan fingerprint density at radius 3 is 2.64 bits per heavy atom. The minimum atomic E-state index is -3.68. The Balaban J connectivity index is 1.44. The summed E-state index contributed by atoms with van der Waals surface area (Å²) in [6.45, 7) is 4.63. The Bertz CT molecular complexity index is 1250. The lowest BCUT2D eigenvalue weighted by Crippen LogP contribution is -2.43. The van der Waals surface area contributed by atoms with Gasteiger partial charge in [0.15, 0.2) is 5.13 Å². The lowest BCUT2D eigenvalue weighted by atomic mass is 9.99. The number of hydrogen-bond acceptors (Lipinski definition) is 6. The molecule has 1 aromatic heterocycles. The number of sulfonamides is 1. The van der Waals surface area contributed by atoms with Crippen LogP contribution in [0.25, 0.3) is 11.3 Å². The molecule has 1 atom stereocenters. The van der Waals surface area contributed by atoms with Crippen molar-refractivity contribution in [3.63, 3.8) is 0 Å². The summed E-state index contributed by atoms with van der Waals surface area (Å²) < 4.78 is 32.6. The van der Waals surface area contributed by atoms with Gasteiger partial charge >= 0.3 is 0 Å². The van der Waals surface area contributed by atoms with E-state index in [0.29, 0.717) is 30.3 Å². The number of thiazole rings is 1. The number of methoxy groups -OCH3 is 1. The van der Waals surface area contributed by atoms with E-state index in [4.69, 9.17) is 4.74 Å². The van der Waals surface area contributed by atoms with E-state index in [-0.39, 0.29) is 17.3 Å². The van der Waals surface area contributed by atoms with E-state index in [9.17, 15) is 13.2 Å². The van der Waals surface area contributed by atoms with Crippen molar-refractivity contribution in [3.05, 3.63) is 59.0 Å². The highest BCUT2D eigenvalue weighted by atomic mass is 32.2. The average molecular weight is 486 g/mol. The fourth-order valence-electron chi connectivity index (χ4n) is 4.03. The van der Waals surface area contributed by atoms with E-state index in [1.165, 1.54) is 40.4 Å². The monoisotopic (exact) mass is 485 g/mol. The molecule has 1 saturated heterocycles. The van der Waals surface area contributed by atoms with Gasteiger partial charge in [-0.3, -0.25) is 4.79 Å². The van der Waals surface area contributed by atoms with Crippen molar-refractivity contribution in [2.24, 2.45) is 5.92 Å². The number of hydrogen-bond donors (Lipinski definition) is 1. The molecule has 9 heteroatoms. The Labute approximate surface area is 198 Å². The van der Waals surface area contributed by atoms with Crippen LogP contribution in [0.3, 0.4) is 0 Å². The zero-order valence-corrected chi connectivity index (χ0v) is 20.5. The molecule has 33 heavy (non-hydrogen) atoms. The molecule has 1 unspecified atom stereocenters. The van der Waals surface area contributed by atoms with E-state index in [1.54, 1.807) is 12.1 Å². The zero-order valence-electron chi connectivity index (χ0n) is 18.9. The van der Waals surface area contributed by atoms with Gasteiger partial charge < -0.3 is 10.1 Å². The minimum absolute atomic E-state index is 0.148. The predicted molar refractivity (Wildman–Crippen MR) is 130 cm³/mol. The number of nitrogens with zero attached hydrogens (tertiary/aromatic N) is 2. The van der Waals surface area contributed by atoms with E-state index in [2.05, 4.69) is 16.4 Å². The maximum Gasteiger partial charge on any atom is 0.243 e. The van der Waals surface area contributed by atoms with E-state index >= 15 is 0 Å². The molecule has 2 heterocycles. The van der Waals surface area contributed by atoms with E-state index in [1.807, 2.05) is 31.4 Å². The number of aromatic nitrogens is 1. The number of piperidine rings is 1. The van der Waals surface area contributed by atoms with Gasteiger partial charge in [-0.25, -0.2) is 13.4 Å². The molecule has 1 amide bonds. The first-order chi connectivity index (χ1) is 15.8. The highest BCUT2D eigenvalue weighted by molar-refractivity contribution is 7.89. The van der Waals surface area contributed by atoms with Gasteiger partial charge in [-0.1, -0.05) is 23.8 Å². The number of anilines is 1. The third-order valence-electron chi connectivity index (χ3n) is 5.84. The largest absolute Gasteiger partial charge is 0.497 e. The molecular formula is C24H27N3O4S2. The van der Waals surface area contributed by atoms with Crippen LogP contribution < -0.4 is 10.1 Å². The van der Waals surface area contributed by atoms with Crippen molar-refractivity contribution >= 4 is 32.4 Å². The second-order valence-electron chi connectivity index (χ2n) is 8.22. The summed E-state index contributed by atoms with van der Waals surface area (Å²) >= 11 is 1.37. The average Bonchev–Trinajstić information content (AvgIpc) is 3.27. The molecule has 0 spiro atoms. The second kappa shape index (κ2) is 9.62. The van der Waals surface area contributed by atoms with Crippen LogP contribution in [0.1, 0.15) is 24.0 Å². The SMILES string of the molecule is COc1ccc(S(=O)(=O)N2CCCC(C(=O)Nc3nc(-c4ccc(C)cc4C)cs3)C2)cc1. The predicted octanol–water partition coefficient (Wildman–Crippen LogP) is 4.47. The molecule has 1 N–H and O–H groups in total. The minimum Gasteiger partial charge on any atom is -0.497 e. The summed E-state index contributed by atoms with van der Waals surface area (Å²) in [6.07, 6.45) is 1.26. The molecule has 1 aliphatic heterocycles. The Morgan fingerprint density at radius 1 is 1.18 bits per heavy atom. The molecule has 0 aliphatic carbocycles. The van der Waals surface area contributed by atoms with Gasteiger partial charge in [0.05, 0.1) is 23.6 Å². The van der Waals surface area contributed by atoms with Gasteiger partial charge in [0.2, 0.25) is 15.9 Å². The highest BCUT2D eigenvalue weighted by Gasteiger charge is 2.33. The number of nitrogens with one attached hydrogen (secondary N) is 1. The number of ether oxygens (including phenoxy) is 1. The topological polar surface area (TPSA) is 88.6 Å². The summed E-state index contributed by atoms with van der Waals surface area (Å²) in [5, 5.41) is 5.33. The normalized spacial score (nSPS) is 17.0. The number of aryl methyl sites for hydroxylation is 2. The smallest absolute Gasteiger partial charge is 0.243 e. The maximum atomic E-state index is 13.1. The lowest BCUT2D eigenvalue weighted by molar-refractivity contribution is -0.120. The lowest BCUT2D eigenvalue weighted by Gasteiger charge is -2.31. The number of benzene rings is 2. The van der Waals surface area contributed by atoms with Crippen molar-refractivity contribution in [3.8, 4) is 17.0 Å². The molecule has 0 saturated carbocycles. The molecule has 7 nitrogen and oxygen atoms in total. The van der Waals surface area contributed by atoms with Gasteiger partial charge in [0, 0.05) is 24.0 Å². The first-order valence-corrected chi connectivity index (χ1v) is 13.1. The van der Waals surface area contributed by atoms with Crippen LogP contribution >= 0.6 is 11.3 Å². The summed E-state index contributed by atoms with van der Waals surface area (Å²) in [4.78, 5) is 17.7. The number of rotatable bonds is 6. The van der Waals surface area contributed by atoms with Gasteiger partial charge in [-0.15, -0.1) is 11.3 Å². The Morgan fingerprint density at radius 2 is 1.94 bits per heavy atom. The van der Waals surface area contributed by atoms with Gasteiger partial charge in [0.25, 0.3) is 0 Å². The second-order valence-corrected chi connectivity index (χ2v) is 11.0. The molecule has 3 aromatic rings. The number of amides is 1. The third-order valence-corrected chi connectivity index (χ3v) is 8.48. The van der Waals surface area contributed by atoms with E-state index in [0.717, 1.165) is 16.8 Å². The van der Waals surface area contributed by atoms with Crippen LogP contribution in [0.5, 0.6) is 5.75 Å². The van der Waals surface area contributed by atoms with Crippen LogP contribution in [-0.2, 0) is 14.8 Å². The molecule has 2 aromatic carbocycles. The molecule has 0 radical (unpaired) electrons. The van der Waals surface area contributed by atoms with Gasteiger partial charge in [-0.05, 0) is 56.5 Å². The quantitative estimate of drug-likeness (QED) is 0.556.